The van der Waals surface area contributed by atoms with E-state index in [0.717, 1.165) is 6.92 Å². The molecule has 0 aliphatic carbocycles. The molecular weight excluding hydrogens is 186 g/mol. The van der Waals surface area contributed by atoms with Gasteiger partial charge in [0, 0.05) is 0 Å². The molecule has 0 aliphatic heterocycles. The van der Waals surface area contributed by atoms with Crippen LogP contribution < -0.4 is 34.7 Å². The topological polar surface area (TPSA) is 107 Å². The quantitative estimate of drug-likeness (QED) is 0.343. The summed E-state index contributed by atoms with van der Waals surface area (Å²) in [5, 5.41) is 9.80. The van der Waals surface area contributed by atoms with Crippen LogP contribution in [0, 0.1) is 0 Å². The molecule has 0 aromatic heterocycles. The summed E-state index contributed by atoms with van der Waals surface area (Å²) in [6.07, 6.45) is -1.60. The van der Waals surface area contributed by atoms with Crippen molar-refractivity contribution in [1.29, 1.82) is 0 Å². The van der Waals surface area contributed by atoms with Crippen LogP contribution in [0.15, 0.2) is 0 Å². The van der Waals surface area contributed by atoms with Gasteiger partial charge in [-0.2, -0.15) is 0 Å². The first-order valence-electron chi connectivity index (χ1n) is 2.28. The Bertz CT molecular complexity index is 175. The van der Waals surface area contributed by atoms with Crippen molar-refractivity contribution >= 4 is 13.8 Å². The molecule has 0 saturated carbocycles. The Balaban J connectivity index is 0. The van der Waals surface area contributed by atoms with Crippen molar-refractivity contribution in [3.8, 4) is 0 Å². The Morgan fingerprint density at radius 3 is 2.09 bits per heavy atom. The van der Waals surface area contributed by atoms with Gasteiger partial charge in [-0.05, 0) is 6.92 Å². The monoisotopic (exact) mass is 192 g/mol. The molecule has 0 amide bonds. The predicted octanol–water partition coefficient (Wildman–Crippen LogP) is -4.76. The van der Waals surface area contributed by atoms with Gasteiger partial charge < -0.3 is 19.7 Å². The SMILES string of the molecule is C[C@@H](OP(=O)(O)O)C(=O)[O-].[Na+]. The van der Waals surface area contributed by atoms with Crippen LogP contribution in [0.2, 0.25) is 0 Å². The fourth-order valence-electron chi connectivity index (χ4n) is 0.249. The van der Waals surface area contributed by atoms with Crippen LogP contribution in [0.25, 0.3) is 0 Å². The van der Waals surface area contributed by atoms with Crippen molar-refractivity contribution in [2.24, 2.45) is 0 Å². The summed E-state index contributed by atoms with van der Waals surface area (Å²) >= 11 is 0. The van der Waals surface area contributed by atoms with E-state index in [1.807, 2.05) is 0 Å². The third-order valence-electron chi connectivity index (χ3n) is 0.627. The number of phosphoric ester groups is 1. The molecule has 0 heterocycles. The van der Waals surface area contributed by atoms with Crippen LogP contribution in [0.1, 0.15) is 6.92 Å². The van der Waals surface area contributed by atoms with E-state index in [2.05, 4.69) is 4.52 Å². The number of aliphatic carboxylic acids is 1. The first kappa shape index (κ1) is 14.1. The average Bonchev–Trinajstić information content (AvgIpc) is 1.60. The zero-order valence-corrected chi connectivity index (χ0v) is 8.95. The zero-order valence-electron chi connectivity index (χ0n) is 6.05. The van der Waals surface area contributed by atoms with Crippen LogP contribution in [-0.4, -0.2) is 21.9 Å². The number of carbonyl (C=O) groups is 1. The number of carbonyl (C=O) groups excluding carboxylic acids is 1. The number of carboxylic acid groups (broad SMARTS) is 1. The summed E-state index contributed by atoms with van der Waals surface area (Å²) in [5.74, 6) is -1.66. The van der Waals surface area contributed by atoms with E-state index in [0.29, 0.717) is 0 Å². The van der Waals surface area contributed by atoms with Gasteiger partial charge in [0.1, 0.15) is 6.10 Å². The molecule has 60 valence electrons. The van der Waals surface area contributed by atoms with Crippen LogP contribution in [0.3, 0.4) is 0 Å². The molecule has 0 aliphatic rings. The van der Waals surface area contributed by atoms with Crippen LogP contribution in [0.5, 0.6) is 0 Å². The summed E-state index contributed by atoms with van der Waals surface area (Å²) in [6.45, 7) is 0.967. The van der Waals surface area contributed by atoms with Gasteiger partial charge in [-0.25, -0.2) is 4.57 Å². The van der Waals surface area contributed by atoms with Crippen molar-refractivity contribution < 1.29 is 58.3 Å². The zero-order chi connectivity index (χ0) is 8.36. The van der Waals surface area contributed by atoms with Gasteiger partial charge in [0.2, 0.25) is 0 Å². The smallest absolute Gasteiger partial charge is 0.547 e. The fraction of sp³-hybridized carbons (Fsp3) is 0.667. The Labute approximate surface area is 85.1 Å². The van der Waals surface area contributed by atoms with Gasteiger partial charge in [-0.15, -0.1) is 0 Å². The molecule has 0 radical (unpaired) electrons. The summed E-state index contributed by atoms with van der Waals surface area (Å²) in [4.78, 5) is 25.9. The fourth-order valence-corrected chi connectivity index (χ4v) is 0.747. The van der Waals surface area contributed by atoms with Crippen molar-refractivity contribution in [2.45, 2.75) is 13.0 Å². The first-order chi connectivity index (χ1) is 4.33. The third kappa shape index (κ3) is 8.49. The minimum Gasteiger partial charge on any atom is -0.547 e. The van der Waals surface area contributed by atoms with Crippen LogP contribution in [0.4, 0.5) is 0 Å². The Morgan fingerprint density at radius 2 is 2.00 bits per heavy atom. The predicted molar refractivity (Wildman–Crippen MR) is 27.6 cm³/mol. The van der Waals surface area contributed by atoms with E-state index in [9.17, 15) is 14.5 Å². The first-order valence-corrected chi connectivity index (χ1v) is 3.81. The molecule has 0 fully saturated rings. The number of phosphoric acid groups is 1. The number of hydrogen-bond donors (Lipinski definition) is 2. The van der Waals surface area contributed by atoms with E-state index < -0.39 is 19.9 Å². The summed E-state index contributed by atoms with van der Waals surface area (Å²) < 4.78 is 13.6. The largest absolute Gasteiger partial charge is 1.00 e. The number of rotatable bonds is 3. The van der Waals surface area contributed by atoms with Gasteiger partial charge in [-0.1, -0.05) is 0 Å². The molecule has 11 heavy (non-hydrogen) atoms. The van der Waals surface area contributed by atoms with Gasteiger partial charge in [0.05, 0.1) is 5.97 Å². The molecule has 8 heteroatoms. The second-order valence-electron chi connectivity index (χ2n) is 1.56. The summed E-state index contributed by atoms with van der Waals surface area (Å²) in [7, 11) is -4.70. The maximum Gasteiger partial charge on any atom is 1.00 e. The summed E-state index contributed by atoms with van der Waals surface area (Å²) in [5.41, 5.74) is 0. The van der Waals surface area contributed by atoms with Gasteiger partial charge >= 0.3 is 37.4 Å². The maximum atomic E-state index is 9.93. The molecule has 0 spiro atoms. The molecule has 6 nitrogen and oxygen atoms in total. The summed E-state index contributed by atoms with van der Waals surface area (Å²) in [6, 6.07) is 0. The Hall–Kier alpha value is 0.580. The van der Waals surface area contributed by atoms with Crippen LogP contribution in [-0.2, 0) is 13.9 Å². The number of hydrogen-bond acceptors (Lipinski definition) is 4. The van der Waals surface area contributed by atoms with Gasteiger partial charge in [-0.3, -0.25) is 4.52 Å². The molecule has 0 bridgehead atoms. The van der Waals surface area contributed by atoms with Crippen molar-refractivity contribution in [2.75, 3.05) is 0 Å². The van der Waals surface area contributed by atoms with E-state index in [1.165, 1.54) is 0 Å². The van der Waals surface area contributed by atoms with E-state index in [1.54, 1.807) is 0 Å². The number of carboxylic acids is 1. The molecule has 1 atom stereocenters. The molecule has 0 aromatic rings. The van der Waals surface area contributed by atoms with E-state index in [-0.39, 0.29) is 29.6 Å². The standard InChI is InChI=1S/C3H7O6P.Na/c1-2(3(4)5)9-10(6,7)8;/h2H,1H3,(H,4,5)(H2,6,7,8);/q;+1/p-1/t2-;/m1./s1. The molecule has 0 saturated heterocycles. The third-order valence-corrected chi connectivity index (χ3v) is 1.22. The van der Waals surface area contributed by atoms with E-state index >= 15 is 0 Å². The molecule has 2 N–H and O–H groups in total. The normalized spacial score (nSPS) is 13.4. The molecular formula is C3H6NaO6P. The van der Waals surface area contributed by atoms with Crippen molar-refractivity contribution in [1.82, 2.24) is 0 Å². The maximum absolute atomic E-state index is 9.93. The van der Waals surface area contributed by atoms with Crippen molar-refractivity contribution in [3.63, 3.8) is 0 Å². The van der Waals surface area contributed by atoms with Crippen LogP contribution >= 0.6 is 7.82 Å². The minimum atomic E-state index is -4.70. The molecule has 0 rings (SSSR count). The minimum absolute atomic E-state index is 0. The second-order valence-corrected chi connectivity index (χ2v) is 2.75. The molecule has 0 aromatic carbocycles. The van der Waals surface area contributed by atoms with Gasteiger partial charge in [0.15, 0.2) is 0 Å². The van der Waals surface area contributed by atoms with E-state index in [4.69, 9.17) is 9.79 Å². The second kappa shape index (κ2) is 5.27. The molecule has 0 unspecified atom stereocenters. The Kier molecular flexibility index (Phi) is 6.76. The average molecular weight is 192 g/mol. The van der Waals surface area contributed by atoms with Gasteiger partial charge in [0.25, 0.3) is 0 Å². The van der Waals surface area contributed by atoms with Crippen molar-refractivity contribution in [3.05, 3.63) is 0 Å². The Morgan fingerprint density at radius 1 is 1.64 bits per heavy atom.